The first-order valence-corrected chi connectivity index (χ1v) is 10.2. The number of halogens is 2. The van der Waals surface area contributed by atoms with E-state index in [1.165, 1.54) is 4.90 Å². The molecule has 4 rings (SSSR count). The van der Waals surface area contributed by atoms with Gasteiger partial charge in [0.25, 0.3) is 5.91 Å². The van der Waals surface area contributed by atoms with Gasteiger partial charge in [-0.2, -0.15) is 0 Å². The highest BCUT2D eigenvalue weighted by molar-refractivity contribution is 6.43. The number of hydrogen-bond acceptors (Lipinski definition) is 5. The Morgan fingerprint density at radius 3 is 2.73 bits per heavy atom. The number of amides is 1. The van der Waals surface area contributed by atoms with Gasteiger partial charge in [-0.3, -0.25) is 9.36 Å². The van der Waals surface area contributed by atoms with E-state index in [2.05, 4.69) is 9.97 Å². The first-order valence-electron chi connectivity index (χ1n) is 9.42. The molecule has 1 aromatic carbocycles. The average Bonchev–Trinajstić information content (AvgIpc) is 3.19. The maximum atomic E-state index is 13.3. The zero-order valence-corrected chi connectivity index (χ0v) is 17.6. The lowest BCUT2D eigenvalue weighted by Gasteiger charge is -2.34. The first-order chi connectivity index (χ1) is 14.5. The number of ether oxygens (including phenoxy) is 1. The number of imidazole rings is 1. The van der Waals surface area contributed by atoms with Crippen LogP contribution in [0.5, 0.6) is 0 Å². The zero-order chi connectivity index (χ0) is 21.3. The van der Waals surface area contributed by atoms with Gasteiger partial charge >= 0.3 is 5.97 Å². The number of nitrogens with zero attached hydrogens (tertiary/aromatic N) is 4. The number of esters is 1. The van der Waals surface area contributed by atoms with E-state index in [0.717, 1.165) is 5.69 Å². The number of carbonyl (C=O) groups excluding carboxylic acids is 2. The number of fused-ring (bicyclic) bond motifs is 1. The molecule has 1 aliphatic rings. The van der Waals surface area contributed by atoms with Gasteiger partial charge < -0.3 is 9.64 Å². The van der Waals surface area contributed by atoms with E-state index in [4.69, 9.17) is 27.9 Å². The third-order valence-electron chi connectivity index (χ3n) is 4.91. The predicted molar refractivity (Wildman–Crippen MR) is 112 cm³/mol. The molecule has 0 aliphatic carbocycles. The van der Waals surface area contributed by atoms with Gasteiger partial charge in [-0.1, -0.05) is 35.3 Å². The quantitative estimate of drug-likeness (QED) is 0.570. The molecule has 30 heavy (non-hydrogen) atoms. The molecule has 0 saturated heterocycles. The van der Waals surface area contributed by atoms with Crippen molar-refractivity contribution in [2.24, 2.45) is 0 Å². The van der Waals surface area contributed by atoms with Crippen LogP contribution in [0.2, 0.25) is 10.0 Å². The van der Waals surface area contributed by atoms with Crippen molar-refractivity contribution in [2.75, 3.05) is 13.2 Å². The van der Waals surface area contributed by atoms with Crippen molar-refractivity contribution in [3.05, 3.63) is 75.9 Å². The second kappa shape index (κ2) is 8.45. The van der Waals surface area contributed by atoms with Gasteiger partial charge in [0.1, 0.15) is 12.1 Å². The molecule has 1 atom stereocenters. The summed E-state index contributed by atoms with van der Waals surface area (Å²) >= 11 is 12.3. The maximum absolute atomic E-state index is 13.3. The molecule has 0 fully saturated rings. The number of hydrogen-bond donors (Lipinski definition) is 0. The summed E-state index contributed by atoms with van der Waals surface area (Å²) in [6.07, 6.45) is 3.79. The lowest BCUT2D eigenvalue weighted by molar-refractivity contribution is -0.149. The van der Waals surface area contributed by atoms with Gasteiger partial charge in [0.2, 0.25) is 0 Å². The summed E-state index contributed by atoms with van der Waals surface area (Å²) in [5, 5.41) is 0.420. The number of carbonyl (C=O) groups is 2. The minimum absolute atomic E-state index is 0.150. The fraction of sp³-hybridized carbons (Fsp3) is 0.238. The molecule has 154 valence electrons. The second-order valence-electron chi connectivity index (χ2n) is 6.64. The number of benzene rings is 1. The van der Waals surface area contributed by atoms with Crippen molar-refractivity contribution < 1.29 is 14.3 Å². The van der Waals surface area contributed by atoms with Crippen LogP contribution in [0, 0.1) is 0 Å². The highest BCUT2D eigenvalue weighted by Crippen LogP contribution is 2.34. The molecule has 2 aromatic heterocycles. The van der Waals surface area contributed by atoms with Gasteiger partial charge in [0.15, 0.2) is 6.04 Å². The lowest BCUT2D eigenvalue weighted by Crippen LogP contribution is -2.44. The molecule has 1 amide bonds. The first kappa shape index (κ1) is 20.4. The van der Waals surface area contributed by atoms with Gasteiger partial charge in [-0.25, -0.2) is 14.8 Å². The summed E-state index contributed by atoms with van der Waals surface area (Å²) < 4.78 is 7.10. The summed E-state index contributed by atoms with van der Waals surface area (Å²) in [6, 6.07) is 9.39. The van der Waals surface area contributed by atoms with E-state index in [1.54, 1.807) is 37.6 Å². The normalized spacial score (nSPS) is 15.6. The van der Waals surface area contributed by atoms with E-state index in [0.29, 0.717) is 17.9 Å². The summed E-state index contributed by atoms with van der Waals surface area (Å²) in [6.45, 7) is 2.19. The molecule has 3 aromatic rings. The van der Waals surface area contributed by atoms with Gasteiger partial charge in [-0.15, -0.1) is 0 Å². The number of aromatic nitrogens is 3. The lowest BCUT2D eigenvalue weighted by atomic mass is 10.0. The van der Waals surface area contributed by atoms with Gasteiger partial charge in [-0.05, 0) is 31.2 Å². The molecule has 9 heteroatoms. The molecule has 0 bridgehead atoms. The van der Waals surface area contributed by atoms with Crippen molar-refractivity contribution in [2.45, 2.75) is 19.4 Å². The molecule has 0 saturated carbocycles. The molecule has 0 radical (unpaired) electrons. The Balaban J connectivity index is 1.77. The molecule has 3 heterocycles. The molecule has 0 N–H and O–H groups in total. The summed E-state index contributed by atoms with van der Waals surface area (Å²) in [4.78, 5) is 36.4. The molecule has 1 aliphatic heterocycles. The second-order valence-corrected chi connectivity index (χ2v) is 7.42. The highest BCUT2D eigenvalue weighted by atomic mass is 35.5. The highest BCUT2D eigenvalue weighted by Gasteiger charge is 2.41. The van der Waals surface area contributed by atoms with Crippen molar-refractivity contribution >= 4 is 35.1 Å². The summed E-state index contributed by atoms with van der Waals surface area (Å²) in [5.41, 5.74) is 1.51. The van der Waals surface area contributed by atoms with Crippen molar-refractivity contribution in [3.8, 4) is 5.82 Å². The van der Waals surface area contributed by atoms with Crippen LogP contribution < -0.4 is 0 Å². The maximum Gasteiger partial charge on any atom is 0.335 e. The van der Waals surface area contributed by atoms with E-state index >= 15 is 0 Å². The van der Waals surface area contributed by atoms with E-state index < -0.39 is 17.9 Å². The van der Waals surface area contributed by atoms with Gasteiger partial charge in [0, 0.05) is 19.2 Å². The molecular formula is C21H18Cl2N4O3. The minimum atomic E-state index is -0.985. The Kier molecular flexibility index (Phi) is 5.74. The smallest absolute Gasteiger partial charge is 0.335 e. The molecule has 1 unspecified atom stereocenters. The van der Waals surface area contributed by atoms with Crippen LogP contribution in [-0.2, 0) is 16.0 Å². The SMILES string of the molecule is CCOC(=O)C1c2ncn(-c3ccccn3)c2CCN1C(=O)c1cccc(Cl)c1Cl. The number of rotatable bonds is 4. The predicted octanol–water partition coefficient (Wildman–Crippen LogP) is 3.88. The Morgan fingerprint density at radius 2 is 2.00 bits per heavy atom. The fourth-order valence-electron chi connectivity index (χ4n) is 3.56. The minimum Gasteiger partial charge on any atom is -0.464 e. The largest absolute Gasteiger partial charge is 0.464 e. The third-order valence-corrected chi connectivity index (χ3v) is 5.73. The third kappa shape index (κ3) is 3.55. The molecular weight excluding hydrogens is 427 g/mol. The monoisotopic (exact) mass is 444 g/mol. The number of pyridine rings is 1. The van der Waals surface area contributed by atoms with E-state index in [1.807, 2.05) is 22.8 Å². The fourth-order valence-corrected chi connectivity index (χ4v) is 3.95. The Morgan fingerprint density at radius 1 is 1.17 bits per heavy atom. The van der Waals surface area contributed by atoms with Crippen LogP contribution in [-0.4, -0.2) is 44.5 Å². The van der Waals surface area contributed by atoms with Gasteiger partial charge in [0.05, 0.1) is 33.6 Å². The van der Waals surface area contributed by atoms with Crippen molar-refractivity contribution in [1.29, 1.82) is 0 Å². The van der Waals surface area contributed by atoms with E-state index in [9.17, 15) is 9.59 Å². The Labute approximate surface area is 183 Å². The topological polar surface area (TPSA) is 77.3 Å². The van der Waals surface area contributed by atoms with Crippen LogP contribution in [0.15, 0.2) is 48.9 Å². The van der Waals surface area contributed by atoms with Crippen LogP contribution in [0.25, 0.3) is 5.82 Å². The van der Waals surface area contributed by atoms with Crippen LogP contribution >= 0.6 is 23.2 Å². The zero-order valence-electron chi connectivity index (χ0n) is 16.1. The Bertz CT molecular complexity index is 1100. The standard InChI is InChI=1S/C21H18Cl2N4O3/c1-2-30-21(29)19-18-15(27(12-25-18)16-8-3-4-10-24-16)9-11-26(19)20(28)13-6-5-7-14(22)17(13)23/h3-8,10,12,19H,2,9,11H2,1H3. The van der Waals surface area contributed by atoms with Crippen molar-refractivity contribution in [1.82, 2.24) is 19.4 Å². The van der Waals surface area contributed by atoms with Crippen LogP contribution in [0.1, 0.15) is 34.7 Å². The summed E-state index contributed by atoms with van der Waals surface area (Å²) in [7, 11) is 0. The molecule has 7 nitrogen and oxygen atoms in total. The summed E-state index contributed by atoms with van der Waals surface area (Å²) in [5.74, 6) is -0.263. The van der Waals surface area contributed by atoms with Crippen LogP contribution in [0.3, 0.4) is 0 Å². The Hall–Kier alpha value is -2.90. The van der Waals surface area contributed by atoms with E-state index in [-0.39, 0.29) is 28.8 Å². The van der Waals surface area contributed by atoms with Crippen molar-refractivity contribution in [3.63, 3.8) is 0 Å². The average molecular weight is 445 g/mol. The van der Waals surface area contributed by atoms with Crippen LogP contribution in [0.4, 0.5) is 0 Å². The molecule has 0 spiro atoms.